The lowest BCUT2D eigenvalue weighted by Crippen LogP contribution is -2.70. The Morgan fingerprint density at radius 1 is 1.09 bits per heavy atom. The predicted molar refractivity (Wildman–Crippen MR) is 179 cm³/mol. The minimum atomic E-state index is -0.880. The number of benzene rings is 2. The maximum atomic E-state index is 13.8. The van der Waals surface area contributed by atoms with E-state index in [0.717, 1.165) is 22.9 Å². The molecule has 2 aliphatic rings. The number of aromatic nitrogens is 2. The number of nitrogens with zero attached hydrogens (tertiary/aromatic N) is 4. The molecule has 2 amide bonds. The number of pyridine rings is 1. The van der Waals surface area contributed by atoms with Crippen LogP contribution in [0, 0.1) is 0 Å². The Bertz CT molecular complexity index is 1820. The number of nitrogens with one attached hydrogen (secondary N) is 1. The van der Waals surface area contributed by atoms with E-state index in [4.69, 9.17) is 15.3 Å². The maximum absolute atomic E-state index is 13.8. The smallest absolute Gasteiger partial charge is 0.356 e. The van der Waals surface area contributed by atoms with Crippen LogP contribution in [0.25, 0.3) is 0 Å². The number of allylic oxidation sites excluding steroid dienone is 1. The number of aryl methyl sites for hydroxylation is 1. The highest BCUT2D eigenvalue weighted by molar-refractivity contribution is 8.00. The number of carbonyl (C=O) groups excluding carboxylic acids is 3. The van der Waals surface area contributed by atoms with E-state index in [-0.39, 0.29) is 5.70 Å². The number of thioether (sulfide) groups is 1. The molecule has 2 aromatic heterocycles. The molecule has 6 rings (SSSR count). The molecule has 1 saturated heterocycles. The number of nitrogen functional groups attached to an aromatic ring is 1. The van der Waals surface area contributed by atoms with Crippen molar-refractivity contribution in [3.8, 4) is 0 Å². The molecule has 4 aromatic rings. The van der Waals surface area contributed by atoms with Gasteiger partial charge in [0.05, 0.1) is 5.56 Å². The molecule has 11 nitrogen and oxygen atoms in total. The molecule has 3 N–H and O–H groups in total. The number of β-lactam (4-membered cyclic amide) rings is 1. The quantitative estimate of drug-likeness (QED) is 0.0810. The predicted octanol–water partition coefficient (Wildman–Crippen LogP) is 3.81. The van der Waals surface area contributed by atoms with Crippen LogP contribution in [0.1, 0.15) is 34.6 Å². The maximum Gasteiger partial charge on any atom is 0.356 e. The summed E-state index contributed by atoms with van der Waals surface area (Å²) >= 11 is 2.68. The van der Waals surface area contributed by atoms with Crippen LogP contribution in [0.3, 0.4) is 0 Å². The number of fused-ring (bicyclic) bond motifs is 1. The largest absolute Gasteiger partial charge is 0.448 e. The van der Waals surface area contributed by atoms with Crippen molar-refractivity contribution >= 4 is 52.2 Å². The van der Waals surface area contributed by atoms with E-state index in [0.29, 0.717) is 22.2 Å². The van der Waals surface area contributed by atoms with Crippen molar-refractivity contribution in [3.63, 3.8) is 0 Å². The third kappa shape index (κ3) is 6.81. The summed E-state index contributed by atoms with van der Waals surface area (Å²) in [6.07, 6.45) is 4.86. The van der Waals surface area contributed by atoms with E-state index in [9.17, 15) is 14.4 Å². The van der Waals surface area contributed by atoms with Gasteiger partial charge in [0, 0.05) is 17.2 Å². The second-order valence-corrected chi connectivity index (χ2v) is 12.7. The lowest BCUT2D eigenvalue weighted by atomic mass is 10.0. The van der Waals surface area contributed by atoms with Crippen molar-refractivity contribution in [1.82, 2.24) is 15.2 Å². The highest BCUT2D eigenvalue weighted by Gasteiger charge is 2.54. The number of thiazole rings is 1. The molecule has 0 saturated carbocycles. The molecule has 2 aromatic carbocycles. The normalized spacial score (nSPS) is 18.0. The molecule has 0 radical (unpaired) electrons. The average Bonchev–Trinajstić information content (AvgIpc) is 3.53. The highest BCUT2D eigenvalue weighted by Crippen LogP contribution is 2.42. The minimum Gasteiger partial charge on any atom is -0.448 e. The third-order valence-electron chi connectivity index (χ3n) is 7.57. The fourth-order valence-electron chi connectivity index (χ4n) is 5.34. The number of rotatable bonds is 11. The highest BCUT2D eigenvalue weighted by atomic mass is 32.2. The molecule has 0 spiro atoms. The van der Waals surface area contributed by atoms with E-state index >= 15 is 0 Å². The van der Waals surface area contributed by atoms with E-state index in [1.165, 1.54) is 28.0 Å². The van der Waals surface area contributed by atoms with Crippen LogP contribution >= 0.6 is 23.1 Å². The van der Waals surface area contributed by atoms with Crippen molar-refractivity contribution in [3.05, 3.63) is 137 Å². The van der Waals surface area contributed by atoms with Gasteiger partial charge >= 0.3 is 5.97 Å². The van der Waals surface area contributed by atoms with Gasteiger partial charge in [-0.05, 0) is 22.8 Å². The number of anilines is 1. The minimum absolute atomic E-state index is 0.120. The topological polar surface area (TPSA) is 140 Å². The van der Waals surface area contributed by atoms with Crippen LogP contribution in [-0.2, 0) is 31.0 Å². The Balaban J connectivity index is 1.15. The van der Waals surface area contributed by atoms with Crippen LogP contribution < -0.4 is 15.6 Å². The van der Waals surface area contributed by atoms with E-state index in [1.807, 2.05) is 96.8 Å². The number of hydrogen-bond acceptors (Lipinski definition) is 10. The number of nitrogens with two attached hydrogens (primary N) is 1. The third-order valence-corrected chi connectivity index (χ3v) is 9.57. The van der Waals surface area contributed by atoms with E-state index in [2.05, 4.69) is 22.0 Å². The zero-order valence-corrected chi connectivity index (χ0v) is 26.9. The number of carbonyl (C=O) groups is 3. The van der Waals surface area contributed by atoms with Crippen LogP contribution in [0.5, 0.6) is 0 Å². The van der Waals surface area contributed by atoms with Gasteiger partial charge in [-0.25, -0.2) is 14.3 Å². The molecule has 3 atom stereocenters. The van der Waals surface area contributed by atoms with Crippen molar-refractivity contribution in [2.45, 2.75) is 23.6 Å². The van der Waals surface area contributed by atoms with Crippen molar-refractivity contribution in [2.75, 3.05) is 11.5 Å². The molecular formula is C34H31N6O5S2+. The van der Waals surface area contributed by atoms with Gasteiger partial charge in [0.15, 0.2) is 23.6 Å². The first-order chi connectivity index (χ1) is 22.8. The summed E-state index contributed by atoms with van der Waals surface area (Å²) in [7, 11) is 1.87. The van der Waals surface area contributed by atoms with Crippen molar-refractivity contribution in [1.29, 1.82) is 0 Å². The first-order valence-electron chi connectivity index (χ1n) is 14.6. The summed E-state index contributed by atoms with van der Waals surface area (Å²) in [5, 5.41) is 8.23. The SMILES string of the molecule is C=CC1=C(C(=O)OC(c2ccccc2)c2ccccc2)N2C(=O)C(NC(=O)C=NOC(c3ccc[n+](C)c3)c3csc(N)n3)[C@H]2SC1. The zero-order valence-electron chi connectivity index (χ0n) is 25.3. The van der Waals surface area contributed by atoms with Crippen LogP contribution in [0.2, 0.25) is 0 Å². The Kier molecular flexibility index (Phi) is 9.45. The summed E-state index contributed by atoms with van der Waals surface area (Å²) in [5.74, 6) is -1.33. The van der Waals surface area contributed by atoms with Gasteiger partial charge in [0.25, 0.3) is 11.8 Å². The summed E-state index contributed by atoms with van der Waals surface area (Å²) in [6, 6.07) is 21.6. The summed E-state index contributed by atoms with van der Waals surface area (Å²) in [6.45, 7) is 3.86. The van der Waals surface area contributed by atoms with Gasteiger partial charge in [-0.1, -0.05) is 78.5 Å². The first-order valence-corrected chi connectivity index (χ1v) is 16.5. The standard InChI is InChI=1S/C34H30N6O5S2/c1-3-21-19-46-32-27(38-26(41)17-36-45-30(25-20-47-34(35)37-25)24-15-10-16-39(2)18-24)31(42)40(32)28(21)33(43)44-29(22-11-6-4-7-12-22)23-13-8-5-9-14-23/h3-18,20,27,29-30,32H,1,19H2,2H3,(H2-,35,37,38,41)/p+1/t27?,30?,32-/m1/s1. The fourth-order valence-corrected chi connectivity index (χ4v) is 7.25. The van der Waals surface area contributed by atoms with E-state index in [1.54, 1.807) is 11.5 Å². The summed E-state index contributed by atoms with van der Waals surface area (Å²) < 4.78 is 7.94. The van der Waals surface area contributed by atoms with Gasteiger partial charge in [-0.2, -0.15) is 0 Å². The summed E-state index contributed by atoms with van der Waals surface area (Å²) in [5.41, 5.74) is 9.41. The van der Waals surface area contributed by atoms with Crippen LogP contribution in [-0.4, -0.2) is 51.1 Å². The average molecular weight is 668 g/mol. The van der Waals surface area contributed by atoms with Gasteiger partial charge < -0.3 is 20.6 Å². The molecule has 0 aliphatic carbocycles. The zero-order chi connectivity index (χ0) is 32.9. The molecule has 1 fully saturated rings. The Hall–Kier alpha value is -5.27. The van der Waals surface area contributed by atoms with Gasteiger partial charge in [0.2, 0.25) is 6.10 Å². The van der Waals surface area contributed by atoms with Crippen molar-refractivity contribution < 1.29 is 28.5 Å². The molecule has 4 heterocycles. The van der Waals surface area contributed by atoms with Crippen LogP contribution in [0.4, 0.5) is 5.13 Å². The number of esters is 1. The Morgan fingerprint density at radius 3 is 2.38 bits per heavy atom. The summed E-state index contributed by atoms with van der Waals surface area (Å²) in [4.78, 5) is 51.5. The van der Waals surface area contributed by atoms with Gasteiger partial charge in [-0.3, -0.25) is 14.5 Å². The molecule has 2 aliphatic heterocycles. The number of amides is 2. The van der Waals surface area contributed by atoms with E-state index < -0.39 is 41.4 Å². The second kappa shape index (κ2) is 14.0. The Labute approximate surface area is 279 Å². The fraction of sp³-hybridized carbons (Fsp3) is 0.176. The molecular weight excluding hydrogens is 637 g/mol. The molecule has 2 unspecified atom stereocenters. The molecule has 0 bridgehead atoms. The lowest BCUT2D eigenvalue weighted by molar-refractivity contribution is -0.672. The molecule has 238 valence electrons. The first kappa shape index (κ1) is 31.7. The monoisotopic (exact) mass is 667 g/mol. The van der Waals surface area contributed by atoms with Crippen molar-refractivity contribution in [2.24, 2.45) is 12.2 Å². The van der Waals surface area contributed by atoms with Gasteiger partial charge in [0.1, 0.15) is 36.1 Å². The Morgan fingerprint density at radius 2 is 1.77 bits per heavy atom. The number of ether oxygens (including phenoxy) is 1. The van der Waals surface area contributed by atoms with Crippen LogP contribution in [0.15, 0.2) is 120 Å². The van der Waals surface area contributed by atoms with Gasteiger partial charge in [-0.15, -0.1) is 23.1 Å². The number of hydrogen-bond donors (Lipinski definition) is 2. The second-order valence-electron chi connectivity index (χ2n) is 10.7. The number of oxime groups is 1. The molecule has 47 heavy (non-hydrogen) atoms. The lowest BCUT2D eigenvalue weighted by Gasteiger charge is -2.49. The molecule has 13 heteroatoms.